The Morgan fingerprint density at radius 3 is 2.35 bits per heavy atom. The number of rotatable bonds is 1. The highest BCUT2D eigenvalue weighted by atomic mass is 79.9. The molecule has 92 valence electrons. The molecular formula is C14H18BrNO. The molecule has 0 aliphatic rings. The minimum absolute atomic E-state index is 0.834. The third kappa shape index (κ3) is 2.97. The van der Waals surface area contributed by atoms with E-state index in [0.717, 1.165) is 26.8 Å². The van der Waals surface area contributed by atoms with Gasteiger partial charge in [0.15, 0.2) is 0 Å². The lowest BCUT2D eigenvalue weighted by atomic mass is 10.1. The lowest BCUT2D eigenvalue weighted by Gasteiger charge is -2.08. The molecule has 0 atom stereocenters. The van der Waals surface area contributed by atoms with Crippen molar-refractivity contribution in [3.63, 3.8) is 0 Å². The minimum atomic E-state index is 0.834. The highest BCUT2D eigenvalue weighted by molar-refractivity contribution is 9.10. The number of nitrogens with zero attached hydrogens (tertiary/aromatic N) is 1. The van der Waals surface area contributed by atoms with Crippen molar-refractivity contribution in [3.8, 4) is 5.75 Å². The number of hydrogen-bond acceptors (Lipinski definition) is 2. The Kier molecular flexibility index (Phi) is 4.94. The first-order valence-electron chi connectivity index (χ1n) is 5.73. The van der Waals surface area contributed by atoms with E-state index < -0.39 is 0 Å². The van der Waals surface area contributed by atoms with Crippen LogP contribution in [0.25, 0.3) is 10.9 Å². The summed E-state index contributed by atoms with van der Waals surface area (Å²) in [5.41, 5.74) is 3.07. The van der Waals surface area contributed by atoms with Crippen molar-refractivity contribution in [2.45, 2.75) is 27.7 Å². The molecule has 0 saturated heterocycles. The molecule has 1 heterocycles. The maximum atomic E-state index is 5.33. The van der Waals surface area contributed by atoms with Crippen LogP contribution in [0, 0.1) is 13.8 Å². The average Bonchev–Trinajstić information content (AvgIpc) is 2.33. The first-order valence-corrected chi connectivity index (χ1v) is 6.52. The molecule has 0 fully saturated rings. The molecule has 0 unspecified atom stereocenters. The molecule has 0 amide bonds. The van der Waals surface area contributed by atoms with Crippen molar-refractivity contribution in [3.05, 3.63) is 33.9 Å². The Labute approximate surface area is 111 Å². The number of methoxy groups -OCH3 is 1. The first kappa shape index (κ1) is 14.0. The average molecular weight is 296 g/mol. The van der Waals surface area contributed by atoms with Crippen LogP contribution in [0.15, 0.2) is 22.7 Å². The number of aryl methyl sites for hydroxylation is 2. The summed E-state index contributed by atoms with van der Waals surface area (Å²) >= 11 is 3.48. The quantitative estimate of drug-likeness (QED) is 0.764. The predicted molar refractivity (Wildman–Crippen MR) is 76.8 cm³/mol. The molecule has 2 rings (SSSR count). The molecule has 0 N–H and O–H groups in total. The lowest BCUT2D eigenvalue weighted by molar-refractivity contribution is 0.418. The van der Waals surface area contributed by atoms with Gasteiger partial charge in [-0.25, -0.2) is 4.98 Å². The zero-order chi connectivity index (χ0) is 13.0. The van der Waals surface area contributed by atoms with E-state index in [2.05, 4.69) is 40.0 Å². The van der Waals surface area contributed by atoms with Crippen LogP contribution >= 0.6 is 15.9 Å². The van der Waals surface area contributed by atoms with Crippen LogP contribution in [0.1, 0.15) is 25.1 Å². The largest absolute Gasteiger partial charge is 0.494 e. The fourth-order valence-corrected chi connectivity index (χ4v) is 1.96. The number of benzene rings is 1. The van der Waals surface area contributed by atoms with E-state index >= 15 is 0 Å². The topological polar surface area (TPSA) is 22.1 Å². The number of ether oxygens (including phenoxy) is 1. The van der Waals surface area contributed by atoms with Gasteiger partial charge in [0.1, 0.15) is 11.3 Å². The highest BCUT2D eigenvalue weighted by Gasteiger charge is 2.06. The van der Waals surface area contributed by atoms with Crippen molar-refractivity contribution in [1.82, 2.24) is 4.98 Å². The van der Waals surface area contributed by atoms with Crippen LogP contribution in [0.2, 0.25) is 0 Å². The first-order chi connectivity index (χ1) is 8.11. The van der Waals surface area contributed by atoms with Crippen LogP contribution in [0.3, 0.4) is 0 Å². The molecule has 0 spiro atoms. The van der Waals surface area contributed by atoms with E-state index in [9.17, 15) is 0 Å². The standard InChI is InChI=1S/C12H12BrNO.C2H6/c1-7-4-9-6-10(13)8(2)14-12(9)11(5-7)15-3;1-2/h4-6H,1-3H3;1-2H3. The Bertz CT molecular complexity index is 523. The zero-order valence-corrected chi connectivity index (χ0v) is 12.6. The third-order valence-corrected chi connectivity index (χ3v) is 3.18. The van der Waals surface area contributed by atoms with Crippen LogP contribution < -0.4 is 4.74 Å². The zero-order valence-electron chi connectivity index (χ0n) is 11.0. The van der Waals surface area contributed by atoms with Crippen LogP contribution in [0.4, 0.5) is 0 Å². The van der Waals surface area contributed by atoms with Crippen LogP contribution in [0.5, 0.6) is 5.75 Å². The van der Waals surface area contributed by atoms with E-state index in [1.54, 1.807) is 7.11 Å². The van der Waals surface area contributed by atoms with Gasteiger partial charge in [-0.3, -0.25) is 0 Å². The van der Waals surface area contributed by atoms with Gasteiger partial charge in [-0.15, -0.1) is 0 Å². The summed E-state index contributed by atoms with van der Waals surface area (Å²) in [6, 6.07) is 6.19. The molecule has 0 aliphatic carbocycles. The number of hydrogen-bond donors (Lipinski definition) is 0. The van der Waals surface area contributed by atoms with Gasteiger partial charge in [0, 0.05) is 9.86 Å². The van der Waals surface area contributed by atoms with Crippen molar-refractivity contribution >= 4 is 26.8 Å². The molecule has 0 saturated carbocycles. The SMILES string of the molecule is CC.COc1cc(C)cc2cc(Br)c(C)nc12. The number of halogens is 1. The van der Waals surface area contributed by atoms with Crippen molar-refractivity contribution in [2.75, 3.05) is 7.11 Å². The van der Waals surface area contributed by atoms with Gasteiger partial charge in [0.2, 0.25) is 0 Å². The highest BCUT2D eigenvalue weighted by Crippen LogP contribution is 2.29. The minimum Gasteiger partial charge on any atom is -0.494 e. The van der Waals surface area contributed by atoms with Crippen molar-refractivity contribution in [2.24, 2.45) is 0 Å². The Hall–Kier alpha value is -1.09. The molecule has 1 aromatic carbocycles. The summed E-state index contributed by atoms with van der Waals surface area (Å²) in [7, 11) is 1.67. The molecule has 2 nitrogen and oxygen atoms in total. The van der Waals surface area contributed by atoms with Gasteiger partial charge < -0.3 is 4.74 Å². The summed E-state index contributed by atoms with van der Waals surface area (Å²) in [4.78, 5) is 4.52. The fourth-order valence-electron chi connectivity index (χ4n) is 1.62. The monoisotopic (exact) mass is 295 g/mol. The fraction of sp³-hybridized carbons (Fsp3) is 0.357. The molecule has 1 aromatic heterocycles. The smallest absolute Gasteiger partial charge is 0.145 e. The molecule has 2 aromatic rings. The number of fused-ring (bicyclic) bond motifs is 1. The van der Waals surface area contributed by atoms with Crippen molar-refractivity contribution < 1.29 is 4.74 Å². The number of aromatic nitrogens is 1. The lowest BCUT2D eigenvalue weighted by Crippen LogP contribution is -1.91. The Morgan fingerprint density at radius 1 is 1.12 bits per heavy atom. The molecule has 0 bridgehead atoms. The van der Waals surface area contributed by atoms with Crippen molar-refractivity contribution in [1.29, 1.82) is 0 Å². The van der Waals surface area contributed by atoms with E-state index in [1.807, 2.05) is 26.8 Å². The second-order valence-electron chi connectivity index (χ2n) is 3.59. The molecular weight excluding hydrogens is 278 g/mol. The molecule has 0 aliphatic heterocycles. The van der Waals surface area contributed by atoms with Gasteiger partial charge in [0.25, 0.3) is 0 Å². The summed E-state index contributed by atoms with van der Waals surface area (Å²) in [5.74, 6) is 0.834. The summed E-state index contributed by atoms with van der Waals surface area (Å²) in [6.07, 6.45) is 0. The van der Waals surface area contributed by atoms with Crippen LogP contribution in [-0.4, -0.2) is 12.1 Å². The summed E-state index contributed by atoms with van der Waals surface area (Å²) in [6.45, 7) is 8.03. The van der Waals surface area contributed by atoms with Gasteiger partial charge in [-0.05, 0) is 53.5 Å². The number of pyridine rings is 1. The van der Waals surface area contributed by atoms with Gasteiger partial charge in [-0.1, -0.05) is 13.8 Å². The summed E-state index contributed by atoms with van der Waals surface area (Å²) in [5, 5.41) is 1.10. The second-order valence-corrected chi connectivity index (χ2v) is 4.45. The molecule has 0 radical (unpaired) electrons. The molecule has 17 heavy (non-hydrogen) atoms. The predicted octanol–water partition coefficient (Wildman–Crippen LogP) is 4.65. The van der Waals surface area contributed by atoms with Gasteiger partial charge in [-0.2, -0.15) is 0 Å². The second kappa shape index (κ2) is 6.01. The Morgan fingerprint density at radius 2 is 1.76 bits per heavy atom. The Balaban J connectivity index is 0.000000686. The van der Waals surface area contributed by atoms with E-state index in [4.69, 9.17) is 4.74 Å². The van der Waals surface area contributed by atoms with Gasteiger partial charge >= 0.3 is 0 Å². The summed E-state index contributed by atoms with van der Waals surface area (Å²) < 4.78 is 6.36. The molecule has 3 heteroatoms. The van der Waals surface area contributed by atoms with E-state index in [1.165, 1.54) is 5.56 Å². The van der Waals surface area contributed by atoms with E-state index in [0.29, 0.717) is 0 Å². The maximum Gasteiger partial charge on any atom is 0.145 e. The van der Waals surface area contributed by atoms with Gasteiger partial charge in [0.05, 0.1) is 12.8 Å². The maximum absolute atomic E-state index is 5.33. The normalized spacial score (nSPS) is 9.76. The van der Waals surface area contributed by atoms with Crippen LogP contribution in [-0.2, 0) is 0 Å². The van der Waals surface area contributed by atoms with E-state index in [-0.39, 0.29) is 0 Å². The third-order valence-electron chi connectivity index (χ3n) is 2.38.